The molecular formula is C29H25FN2O4. The van der Waals surface area contributed by atoms with E-state index >= 15 is 0 Å². The van der Waals surface area contributed by atoms with Crippen LogP contribution in [0.15, 0.2) is 89.3 Å². The van der Waals surface area contributed by atoms with Gasteiger partial charge in [-0.25, -0.2) is 4.39 Å². The second kappa shape index (κ2) is 10.1. The first kappa shape index (κ1) is 23.4. The summed E-state index contributed by atoms with van der Waals surface area (Å²) in [6.45, 7) is 2.38. The molecule has 0 aliphatic carbocycles. The van der Waals surface area contributed by atoms with Crippen molar-refractivity contribution in [1.29, 1.82) is 0 Å². The fraction of sp³-hybridized carbons (Fsp3) is 0.172. The van der Waals surface area contributed by atoms with Crippen LogP contribution in [0, 0.1) is 5.82 Å². The maximum Gasteiger partial charge on any atom is 0.291 e. The Balaban J connectivity index is 1.31. The van der Waals surface area contributed by atoms with Gasteiger partial charge in [0.25, 0.3) is 5.91 Å². The first-order chi connectivity index (χ1) is 17.5. The first-order valence-electron chi connectivity index (χ1n) is 11.7. The van der Waals surface area contributed by atoms with Crippen LogP contribution in [0.4, 0.5) is 10.1 Å². The molecular weight excluding hydrogens is 459 g/mol. The van der Waals surface area contributed by atoms with Crippen LogP contribution in [-0.2, 0) is 17.8 Å². The van der Waals surface area contributed by atoms with Crippen LogP contribution in [-0.4, -0.2) is 23.3 Å². The van der Waals surface area contributed by atoms with Crippen molar-refractivity contribution in [2.75, 3.05) is 11.9 Å². The molecule has 7 heteroatoms. The minimum atomic E-state index is -0.476. The molecule has 6 nitrogen and oxygen atoms in total. The van der Waals surface area contributed by atoms with Gasteiger partial charge in [-0.3, -0.25) is 9.59 Å². The summed E-state index contributed by atoms with van der Waals surface area (Å²) < 4.78 is 25.0. The van der Waals surface area contributed by atoms with Crippen molar-refractivity contribution < 1.29 is 23.1 Å². The van der Waals surface area contributed by atoms with Crippen molar-refractivity contribution >= 4 is 17.5 Å². The lowest BCUT2D eigenvalue weighted by molar-refractivity contribution is -0.130. The largest absolute Gasteiger partial charge is 0.486 e. The number of benzene rings is 3. The zero-order chi connectivity index (χ0) is 25.1. The highest BCUT2D eigenvalue weighted by Gasteiger charge is 2.30. The van der Waals surface area contributed by atoms with Crippen LogP contribution in [0.2, 0.25) is 0 Å². The van der Waals surface area contributed by atoms with Gasteiger partial charge in [0.2, 0.25) is 5.91 Å². The molecule has 0 saturated carbocycles. The average Bonchev–Trinajstić information content (AvgIpc) is 3.36. The zero-order valence-corrected chi connectivity index (χ0v) is 19.7. The number of carbonyl (C=O) groups is 2. The molecule has 0 saturated heterocycles. The quantitative estimate of drug-likeness (QED) is 0.379. The number of nitrogens with zero attached hydrogens (tertiary/aromatic N) is 1. The predicted molar refractivity (Wildman–Crippen MR) is 133 cm³/mol. The van der Waals surface area contributed by atoms with E-state index in [-0.39, 0.29) is 24.3 Å². The summed E-state index contributed by atoms with van der Waals surface area (Å²) in [5.74, 6) is 0.331. The maximum absolute atomic E-state index is 13.4. The standard InChI is InChI=1S/C29H25FN2O4/c1-19(33)32-15-14-20-10-11-24(17-26(20)28(32)21-6-3-2-4-7-21)35-18-25-12-13-27(36-25)29(34)31-23-9-5-8-22(30)16-23/h2-13,16-17,28H,14-15,18H2,1H3,(H,31,34). The van der Waals surface area contributed by atoms with Gasteiger partial charge in [0.1, 0.15) is 23.9 Å². The minimum Gasteiger partial charge on any atom is -0.486 e. The molecule has 0 radical (unpaired) electrons. The fourth-order valence-electron chi connectivity index (χ4n) is 4.51. The number of hydrogen-bond donors (Lipinski definition) is 1. The lowest BCUT2D eigenvalue weighted by atomic mass is 9.88. The number of rotatable bonds is 6. The number of anilines is 1. The average molecular weight is 485 g/mol. The highest BCUT2D eigenvalue weighted by atomic mass is 19.1. The Hall–Kier alpha value is -4.39. The third kappa shape index (κ3) is 5.00. The van der Waals surface area contributed by atoms with E-state index in [1.165, 1.54) is 23.8 Å². The van der Waals surface area contributed by atoms with Crippen molar-refractivity contribution in [2.45, 2.75) is 26.0 Å². The monoisotopic (exact) mass is 484 g/mol. The van der Waals surface area contributed by atoms with Crippen LogP contribution in [0.25, 0.3) is 0 Å². The van der Waals surface area contributed by atoms with Gasteiger partial charge in [-0.05, 0) is 65.6 Å². The van der Waals surface area contributed by atoms with E-state index in [0.717, 1.165) is 17.5 Å². The van der Waals surface area contributed by atoms with Crippen LogP contribution in [0.1, 0.15) is 46.0 Å². The van der Waals surface area contributed by atoms with Crippen molar-refractivity contribution in [2.24, 2.45) is 0 Å². The normalized spacial score (nSPS) is 14.7. The van der Waals surface area contributed by atoms with Gasteiger partial charge in [-0.15, -0.1) is 0 Å². The molecule has 182 valence electrons. The van der Waals surface area contributed by atoms with Gasteiger partial charge < -0.3 is 19.4 Å². The van der Waals surface area contributed by atoms with E-state index in [1.807, 2.05) is 53.4 Å². The third-order valence-corrected chi connectivity index (χ3v) is 6.21. The summed E-state index contributed by atoms with van der Waals surface area (Å²) in [7, 11) is 0. The molecule has 5 rings (SSSR count). The van der Waals surface area contributed by atoms with Gasteiger partial charge in [-0.1, -0.05) is 42.5 Å². The molecule has 3 aromatic carbocycles. The summed E-state index contributed by atoms with van der Waals surface area (Å²) in [4.78, 5) is 26.7. The highest BCUT2D eigenvalue weighted by molar-refractivity contribution is 6.02. The van der Waals surface area contributed by atoms with E-state index in [9.17, 15) is 14.0 Å². The zero-order valence-electron chi connectivity index (χ0n) is 19.7. The smallest absolute Gasteiger partial charge is 0.291 e. The van der Waals surface area contributed by atoms with Crippen LogP contribution < -0.4 is 10.1 Å². The summed E-state index contributed by atoms with van der Waals surface area (Å²) in [5, 5.41) is 2.61. The van der Waals surface area contributed by atoms with E-state index in [4.69, 9.17) is 9.15 Å². The van der Waals surface area contributed by atoms with Crippen molar-refractivity contribution in [3.63, 3.8) is 0 Å². The molecule has 0 bridgehead atoms. The minimum absolute atomic E-state index is 0.0282. The molecule has 4 aromatic rings. The molecule has 1 atom stereocenters. The van der Waals surface area contributed by atoms with Gasteiger partial charge in [0.15, 0.2) is 5.76 Å². The molecule has 2 amide bonds. The van der Waals surface area contributed by atoms with E-state index in [1.54, 1.807) is 25.1 Å². The molecule has 36 heavy (non-hydrogen) atoms. The number of hydrogen-bond acceptors (Lipinski definition) is 4. The lowest BCUT2D eigenvalue weighted by Gasteiger charge is -2.37. The molecule has 2 heterocycles. The first-order valence-corrected chi connectivity index (χ1v) is 11.7. The summed E-state index contributed by atoms with van der Waals surface area (Å²) in [6, 6.07) is 24.6. The predicted octanol–water partition coefficient (Wildman–Crippen LogP) is 5.74. The van der Waals surface area contributed by atoms with E-state index in [2.05, 4.69) is 5.32 Å². The van der Waals surface area contributed by atoms with Crippen molar-refractivity contribution in [3.8, 4) is 5.75 Å². The Morgan fingerprint density at radius 2 is 1.86 bits per heavy atom. The molecule has 1 aliphatic rings. The molecule has 1 unspecified atom stereocenters. The Labute approximate surface area is 208 Å². The van der Waals surface area contributed by atoms with Crippen LogP contribution >= 0.6 is 0 Å². The van der Waals surface area contributed by atoms with Gasteiger partial charge in [0.05, 0.1) is 6.04 Å². The van der Waals surface area contributed by atoms with Gasteiger partial charge in [0, 0.05) is 19.2 Å². The maximum atomic E-state index is 13.4. The van der Waals surface area contributed by atoms with Gasteiger partial charge >= 0.3 is 0 Å². The second-order valence-electron chi connectivity index (χ2n) is 8.66. The Morgan fingerprint density at radius 3 is 2.64 bits per heavy atom. The molecule has 0 fully saturated rings. The number of amides is 2. The number of carbonyl (C=O) groups excluding carboxylic acids is 2. The Kier molecular flexibility index (Phi) is 6.54. The summed E-state index contributed by atoms with van der Waals surface area (Å²) in [5.41, 5.74) is 3.61. The second-order valence-corrected chi connectivity index (χ2v) is 8.66. The summed E-state index contributed by atoms with van der Waals surface area (Å²) >= 11 is 0. The fourth-order valence-corrected chi connectivity index (χ4v) is 4.51. The summed E-state index contributed by atoms with van der Waals surface area (Å²) in [6.07, 6.45) is 0.778. The van der Waals surface area contributed by atoms with E-state index < -0.39 is 11.7 Å². The number of nitrogens with one attached hydrogen (secondary N) is 1. The SMILES string of the molecule is CC(=O)N1CCc2ccc(OCc3ccc(C(=O)Nc4cccc(F)c4)o3)cc2C1c1ccccc1. The van der Waals surface area contributed by atoms with Crippen LogP contribution in [0.3, 0.4) is 0 Å². The molecule has 0 spiro atoms. The topological polar surface area (TPSA) is 71.8 Å². The van der Waals surface area contributed by atoms with Crippen LogP contribution in [0.5, 0.6) is 5.75 Å². The van der Waals surface area contributed by atoms with Crippen molar-refractivity contribution in [3.05, 3.63) is 119 Å². The molecule has 1 aromatic heterocycles. The Bertz CT molecular complexity index is 1400. The van der Waals surface area contributed by atoms with Crippen molar-refractivity contribution in [1.82, 2.24) is 4.90 Å². The number of fused-ring (bicyclic) bond motifs is 1. The highest BCUT2D eigenvalue weighted by Crippen LogP contribution is 2.37. The number of halogens is 1. The lowest BCUT2D eigenvalue weighted by Crippen LogP contribution is -2.39. The molecule has 1 N–H and O–H groups in total. The van der Waals surface area contributed by atoms with E-state index in [0.29, 0.717) is 23.7 Å². The van der Waals surface area contributed by atoms with Gasteiger partial charge in [-0.2, -0.15) is 0 Å². The molecule has 1 aliphatic heterocycles. The number of furan rings is 1. The number of ether oxygens (including phenoxy) is 1. The Morgan fingerprint density at radius 1 is 1.03 bits per heavy atom. The third-order valence-electron chi connectivity index (χ3n) is 6.21.